The molecule has 104 valence electrons. The van der Waals surface area contributed by atoms with E-state index >= 15 is 0 Å². The van der Waals surface area contributed by atoms with Gasteiger partial charge in [0.25, 0.3) is 5.91 Å². The quantitative estimate of drug-likeness (QED) is 0.910. The smallest absolute Gasteiger partial charge is 0.297 e. The molecular weight excluding hydrogens is 252 g/mol. The van der Waals surface area contributed by atoms with Crippen molar-refractivity contribution in [3.63, 3.8) is 0 Å². The molecule has 1 aliphatic heterocycles. The molecular formula is C15H18N4O. The maximum atomic E-state index is 12.6. The molecule has 0 radical (unpaired) electrons. The Morgan fingerprint density at radius 2 is 2.30 bits per heavy atom. The number of H-pyrrole nitrogens is 1. The number of nitrogens with zero attached hydrogens (tertiary/aromatic N) is 3. The first kappa shape index (κ1) is 12.8. The normalized spacial score (nSPS) is 14.2. The highest BCUT2D eigenvalue weighted by Crippen LogP contribution is 2.28. The Balaban J connectivity index is 1.93. The molecule has 3 rings (SSSR count). The van der Waals surface area contributed by atoms with Crippen molar-refractivity contribution in [2.24, 2.45) is 0 Å². The number of aryl methyl sites for hydroxylation is 3. The second-order valence-corrected chi connectivity index (χ2v) is 5.15. The van der Waals surface area contributed by atoms with E-state index in [-0.39, 0.29) is 11.7 Å². The summed E-state index contributed by atoms with van der Waals surface area (Å²) in [7, 11) is 0. The van der Waals surface area contributed by atoms with Crippen LogP contribution in [0.5, 0.6) is 0 Å². The van der Waals surface area contributed by atoms with Crippen LogP contribution in [0.25, 0.3) is 0 Å². The largest absolute Gasteiger partial charge is 0.305 e. The zero-order valence-corrected chi connectivity index (χ0v) is 11.8. The van der Waals surface area contributed by atoms with E-state index in [2.05, 4.69) is 28.2 Å². The van der Waals surface area contributed by atoms with E-state index < -0.39 is 0 Å². The molecule has 2 aromatic rings. The van der Waals surface area contributed by atoms with Crippen LogP contribution in [0.1, 0.15) is 40.9 Å². The van der Waals surface area contributed by atoms with Crippen LogP contribution in [-0.4, -0.2) is 27.6 Å². The molecule has 0 aliphatic carbocycles. The molecule has 0 saturated carbocycles. The zero-order chi connectivity index (χ0) is 14.1. The molecule has 1 aromatic carbocycles. The summed E-state index contributed by atoms with van der Waals surface area (Å²) < 4.78 is 0. The summed E-state index contributed by atoms with van der Waals surface area (Å²) in [6, 6.07) is 6.22. The van der Waals surface area contributed by atoms with Gasteiger partial charge in [-0.3, -0.25) is 9.89 Å². The van der Waals surface area contributed by atoms with Crippen molar-refractivity contribution >= 4 is 11.6 Å². The number of carbonyl (C=O) groups is 1. The molecule has 1 aliphatic rings. The van der Waals surface area contributed by atoms with Crippen molar-refractivity contribution in [3.8, 4) is 0 Å². The van der Waals surface area contributed by atoms with Gasteiger partial charge in [0.2, 0.25) is 5.82 Å². The average Bonchev–Trinajstić information content (AvgIpc) is 2.94. The molecule has 0 unspecified atom stereocenters. The highest BCUT2D eigenvalue weighted by atomic mass is 16.2. The molecule has 1 N–H and O–H groups in total. The van der Waals surface area contributed by atoms with Crippen LogP contribution >= 0.6 is 0 Å². The monoisotopic (exact) mass is 270 g/mol. The van der Waals surface area contributed by atoms with Gasteiger partial charge in [0, 0.05) is 18.7 Å². The van der Waals surface area contributed by atoms with E-state index in [1.807, 2.05) is 19.1 Å². The number of fused-ring (bicyclic) bond motifs is 1. The predicted octanol–water partition coefficient (Wildman–Crippen LogP) is 2.27. The maximum Gasteiger partial charge on any atom is 0.297 e. The Hall–Kier alpha value is -2.17. The SMILES string of the molecule is CCc1nc(C(=O)N2CCCc3cc(C)ccc32)n[nH]1. The highest BCUT2D eigenvalue weighted by Gasteiger charge is 2.26. The number of nitrogens with one attached hydrogen (secondary N) is 1. The number of amides is 1. The minimum absolute atomic E-state index is 0.120. The van der Waals surface area contributed by atoms with Gasteiger partial charge in [-0.2, -0.15) is 0 Å². The summed E-state index contributed by atoms with van der Waals surface area (Å²) in [5, 5.41) is 6.83. The molecule has 1 aromatic heterocycles. The van der Waals surface area contributed by atoms with Gasteiger partial charge in [-0.25, -0.2) is 4.98 Å². The van der Waals surface area contributed by atoms with E-state index in [0.717, 1.165) is 37.3 Å². The number of anilines is 1. The molecule has 0 saturated heterocycles. The van der Waals surface area contributed by atoms with E-state index in [0.29, 0.717) is 0 Å². The zero-order valence-electron chi connectivity index (χ0n) is 11.8. The molecule has 0 atom stereocenters. The fraction of sp³-hybridized carbons (Fsp3) is 0.400. The van der Waals surface area contributed by atoms with E-state index in [9.17, 15) is 4.79 Å². The summed E-state index contributed by atoms with van der Waals surface area (Å²) in [6.45, 7) is 4.78. The summed E-state index contributed by atoms with van der Waals surface area (Å²) in [4.78, 5) is 18.6. The second kappa shape index (κ2) is 5.07. The van der Waals surface area contributed by atoms with Crippen molar-refractivity contribution in [2.45, 2.75) is 33.1 Å². The van der Waals surface area contributed by atoms with Gasteiger partial charge in [-0.1, -0.05) is 24.6 Å². The minimum Gasteiger partial charge on any atom is -0.305 e. The van der Waals surface area contributed by atoms with E-state index in [1.165, 1.54) is 11.1 Å². The van der Waals surface area contributed by atoms with Crippen LogP contribution in [0.2, 0.25) is 0 Å². The fourth-order valence-corrected chi connectivity index (χ4v) is 2.61. The van der Waals surface area contributed by atoms with Crippen molar-refractivity contribution in [3.05, 3.63) is 41.0 Å². The molecule has 2 heterocycles. The average molecular weight is 270 g/mol. The first-order chi connectivity index (χ1) is 9.69. The second-order valence-electron chi connectivity index (χ2n) is 5.15. The number of aromatic amines is 1. The lowest BCUT2D eigenvalue weighted by Crippen LogP contribution is -2.36. The van der Waals surface area contributed by atoms with Crippen LogP contribution in [-0.2, 0) is 12.8 Å². The molecule has 5 heteroatoms. The predicted molar refractivity (Wildman–Crippen MR) is 76.9 cm³/mol. The van der Waals surface area contributed by atoms with Crippen LogP contribution in [0.15, 0.2) is 18.2 Å². The third kappa shape index (κ3) is 2.19. The minimum atomic E-state index is -0.120. The first-order valence-electron chi connectivity index (χ1n) is 7.01. The summed E-state index contributed by atoms with van der Waals surface area (Å²) in [5.41, 5.74) is 3.45. The number of hydrogen-bond acceptors (Lipinski definition) is 3. The Morgan fingerprint density at radius 3 is 3.05 bits per heavy atom. The van der Waals surface area contributed by atoms with Gasteiger partial charge in [0.15, 0.2) is 0 Å². The lowest BCUT2D eigenvalue weighted by Gasteiger charge is -2.28. The van der Waals surface area contributed by atoms with Crippen molar-refractivity contribution in [1.82, 2.24) is 15.2 Å². The molecule has 1 amide bonds. The van der Waals surface area contributed by atoms with Crippen molar-refractivity contribution in [2.75, 3.05) is 11.4 Å². The highest BCUT2D eigenvalue weighted by molar-refractivity contribution is 6.04. The Labute approximate surface area is 118 Å². The van der Waals surface area contributed by atoms with Gasteiger partial charge in [0.1, 0.15) is 5.82 Å². The summed E-state index contributed by atoms with van der Waals surface area (Å²) in [5.74, 6) is 0.885. The standard InChI is InChI=1S/C15H18N4O/c1-3-13-16-14(18-17-13)15(20)19-8-4-5-11-9-10(2)6-7-12(11)19/h6-7,9H,3-5,8H2,1-2H3,(H,16,17,18). The van der Waals surface area contributed by atoms with Crippen LogP contribution in [0.4, 0.5) is 5.69 Å². The fourth-order valence-electron chi connectivity index (χ4n) is 2.61. The molecule has 0 fully saturated rings. The third-order valence-corrected chi connectivity index (χ3v) is 3.66. The molecule has 0 spiro atoms. The number of aromatic nitrogens is 3. The Morgan fingerprint density at radius 1 is 1.45 bits per heavy atom. The van der Waals surface area contributed by atoms with Gasteiger partial charge in [-0.05, 0) is 31.4 Å². The Kier molecular flexibility index (Phi) is 3.26. The van der Waals surface area contributed by atoms with Gasteiger partial charge in [-0.15, -0.1) is 5.10 Å². The number of rotatable bonds is 2. The van der Waals surface area contributed by atoms with E-state index in [1.54, 1.807) is 4.90 Å². The summed E-state index contributed by atoms with van der Waals surface area (Å²) >= 11 is 0. The Bertz CT molecular complexity index is 647. The number of carbonyl (C=O) groups excluding carboxylic acids is 1. The van der Waals surface area contributed by atoms with Crippen molar-refractivity contribution < 1.29 is 4.79 Å². The topological polar surface area (TPSA) is 61.9 Å². The van der Waals surface area contributed by atoms with Crippen LogP contribution in [0.3, 0.4) is 0 Å². The summed E-state index contributed by atoms with van der Waals surface area (Å²) in [6.07, 6.45) is 2.75. The van der Waals surface area contributed by atoms with Crippen molar-refractivity contribution in [1.29, 1.82) is 0 Å². The lowest BCUT2D eigenvalue weighted by atomic mass is 9.99. The van der Waals surface area contributed by atoms with Gasteiger partial charge >= 0.3 is 0 Å². The van der Waals surface area contributed by atoms with Crippen LogP contribution in [0, 0.1) is 6.92 Å². The van der Waals surface area contributed by atoms with E-state index in [4.69, 9.17) is 0 Å². The molecule has 0 bridgehead atoms. The van der Waals surface area contributed by atoms with Gasteiger partial charge in [0.05, 0.1) is 0 Å². The first-order valence-corrected chi connectivity index (χ1v) is 7.01. The third-order valence-electron chi connectivity index (χ3n) is 3.66. The molecule has 20 heavy (non-hydrogen) atoms. The lowest BCUT2D eigenvalue weighted by molar-refractivity contribution is 0.0975. The number of hydrogen-bond donors (Lipinski definition) is 1. The maximum absolute atomic E-state index is 12.6. The van der Waals surface area contributed by atoms with Gasteiger partial charge < -0.3 is 4.90 Å². The van der Waals surface area contributed by atoms with Crippen LogP contribution < -0.4 is 4.90 Å². The molecule has 5 nitrogen and oxygen atoms in total. The number of benzene rings is 1.